The van der Waals surface area contributed by atoms with Crippen LogP contribution in [-0.4, -0.2) is 66.6 Å². The van der Waals surface area contributed by atoms with Crippen LogP contribution in [-0.2, 0) is 4.79 Å². The monoisotopic (exact) mass is 377 g/mol. The molecule has 3 aliphatic rings. The Balaban J connectivity index is 1.28. The van der Waals surface area contributed by atoms with E-state index < -0.39 is 0 Å². The minimum Gasteiger partial charge on any atom is -0.489 e. The number of nitrogens with zero attached hydrogens (tertiary/aromatic N) is 2. The van der Waals surface area contributed by atoms with Gasteiger partial charge in [0.1, 0.15) is 11.9 Å². The second-order valence-electron chi connectivity index (χ2n) is 7.69. The summed E-state index contributed by atoms with van der Waals surface area (Å²) in [7, 11) is 0. The normalized spacial score (nSPS) is 27.8. The van der Waals surface area contributed by atoms with Gasteiger partial charge in [0.15, 0.2) is 0 Å². The lowest BCUT2D eigenvalue weighted by molar-refractivity contribution is -0.133. The van der Waals surface area contributed by atoms with Crippen molar-refractivity contribution < 1.29 is 9.53 Å². The smallest absolute Gasteiger partial charge is 0.239 e. The van der Waals surface area contributed by atoms with Crippen LogP contribution < -0.4 is 10.1 Å². The van der Waals surface area contributed by atoms with Crippen LogP contribution in [0.1, 0.15) is 32.1 Å². The number of amides is 1. The molecule has 2 atom stereocenters. The highest BCUT2D eigenvalue weighted by Crippen LogP contribution is 2.26. The van der Waals surface area contributed by atoms with Crippen LogP contribution in [0.25, 0.3) is 0 Å². The molecule has 0 spiro atoms. The van der Waals surface area contributed by atoms with Gasteiger partial charge in [0, 0.05) is 50.2 Å². The molecule has 1 N–H and O–H groups in total. The topological polar surface area (TPSA) is 44.8 Å². The molecule has 1 aliphatic carbocycles. The minimum absolute atomic E-state index is 0.0147. The number of hydrogen-bond acceptors (Lipinski definition) is 4. The Morgan fingerprint density at radius 3 is 2.81 bits per heavy atom. The predicted octanol–water partition coefficient (Wildman–Crippen LogP) is 2.54. The second kappa shape index (κ2) is 8.15. The van der Waals surface area contributed by atoms with Crippen LogP contribution in [0.4, 0.5) is 0 Å². The zero-order chi connectivity index (χ0) is 17.9. The molecular weight excluding hydrogens is 350 g/mol. The van der Waals surface area contributed by atoms with Gasteiger partial charge < -0.3 is 15.0 Å². The number of carbonyl (C=O) groups excluding carboxylic acids is 1. The van der Waals surface area contributed by atoms with E-state index in [1.165, 1.54) is 19.3 Å². The van der Waals surface area contributed by atoms with Crippen molar-refractivity contribution in [1.82, 2.24) is 15.1 Å². The summed E-state index contributed by atoms with van der Waals surface area (Å²) in [6.45, 7) is 4.58. The van der Waals surface area contributed by atoms with Crippen molar-refractivity contribution >= 4 is 17.5 Å². The Labute approximate surface area is 160 Å². The SMILES string of the molecule is O=C([C@@H]1C[C@@H](Oc2cccc(Cl)c2)CN1)N1CCCN(C2CCC2)CC1. The fourth-order valence-electron chi connectivity index (χ4n) is 4.21. The molecule has 142 valence electrons. The van der Waals surface area contributed by atoms with Crippen LogP contribution in [0.2, 0.25) is 5.02 Å². The van der Waals surface area contributed by atoms with E-state index in [2.05, 4.69) is 15.1 Å². The maximum Gasteiger partial charge on any atom is 0.239 e. The number of hydrogen-bond donors (Lipinski definition) is 1. The van der Waals surface area contributed by atoms with Crippen LogP contribution in [0.15, 0.2) is 24.3 Å². The summed E-state index contributed by atoms with van der Waals surface area (Å²) in [6.07, 6.45) is 5.84. The summed E-state index contributed by atoms with van der Waals surface area (Å²) in [5, 5.41) is 4.02. The molecule has 26 heavy (non-hydrogen) atoms. The van der Waals surface area contributed by atoms with Gasteiger partial charge in [-0.15, -0.1) is 0 Å². The first-order valence-electron chi connectivity index (χ1n) is 9.87. The van der Waals surface area contributed by atoms with Gasteiger partial charge in [-0.05, 0) is 37.5 Å². The maximum absolute atomic E-state index is 12.9. The third kappa shape index (κ3) is 4.16. The van der Waals surface area contributed by atoms with Crippen molar-refractivity contribution in [3.05, 3.63) is 29.3 Å². The van der Waals surface area contributed by atoms with E-state index in [4.69, 9.17) is 16.3 Å². The van der Waals surface area contributed by atoms with Gasteiger partial charge in [0.2, 0.25) is 5.91 Å². The number of nitrogens with one attached hydrogen (secondary N) is 1. The third-order valence-electron chi connectivity index (χ3n) is 5.92. The summed E-state index contributed by atoms with van der Waals surface area (Å²) in [6, 6.07) is 8.08. The Morgan fingerprint density at radius 1 is 1.15 bits per heavy atom. The van der Waals surface area contributed by atoms with Gasteiger partial charge >= 0.3 is 0 Å². The summed E-state index contributed by atoms with van der Waals surface area (Å²) in [5.41, 5.74) is 0. The molecule has 0 bridgehead atoms. The molecular formula is C20H28ClN3O2. The standard InChI is InChI=1S/C20H28ClN3O2/c21-15-4-1-7-17(12-15)26-18-13-19(22-14-18)20(25)24-9-3-8-23(10-11-24)16-5-2-6-16/h1,4,7,12,16,18-19,22H,2-3,5-6,8-11,13-14H2/t18-,19+/m1/s1. The highest BCUT2D eigenvalue weighted by Gasteiger charge is 2.35. The average molecular weight is 378 g/mol. The fourth-order valence-corrected chi connectivity index (χ4v) is 4.39. The Morgan fingerprint density at radius 2 is 2.04 bits per heavy atom. The van der Waals surface area contributed by atoms with E-state index in [-0.39, 0.29) is 18.1 Å². The molecule has 6 heteroatoms. The maximum atomic E-state index is 12.9. The number of halogens is 1. The van der Waals surface area contributed by atoms with Crippen molar-refractivity contribution in [3.8, 4) is 5.75 Å². The molecule has 1 aromatic carbocycles. The van der Waals surface area contributed by atoms with Gasteiger partial charge in [-0.3, -0.25) is 9.69 Å². The zero-order valence-corrected chi connectivity index (χ0v) is 16.0. The van der Waals surface area contributed by atoms with Crippen molar-refractivity contribution in [2.24, 2.45) is 0 Å². The largest absolute Gasteiger partial charge is 0.489 e. The number of carbonyl (C=O) groups is 1. The Kier molecular flexibility index (Phi) is 5.67. The lowest BCUT2D eigenvalue weighted by Crippen LogP contribution is -2.46. The molecule has 1 aromatic rings. The summed E-state index contributed by atoms with van der Waals surface area (Å²) in [4.78, 5) is 17.6. The highest BCUT2D eigenvalue weighted by atomic mass is 35.5. The number of ether oxygens (including phenoxy) is 1. The van der Waals surface area contributed by atoms with E-state index >= 15 is 0 Å². The van der Waals surface area contributed by atoms with Gasteiger partial charge in [0.25, 0.3) is 0 Å². The molecule has 5 nitrogen and oxygen atoms in total. The van der Waals surface area contributed by atoms with E-state index in [9.17, 15) is 4.79 Å². The third-order valence-corrected chi connectivity index (χ3v) is 6.16. The Hall–Kier alpha value is -1.30. The van der Waals surface area contributed by atoms with Crippen molar-refractivity contribution in [1.29, 1.82) is 0 Å². The van der Waals surface area contributed by atoms with Crippen LogP contribution >= 0.6 is 11.6 Å². The molecule has 2 aliphatic heterocycles. The molecule has 0 radical (unpaired) electrons. The van der Waals surface area contributed by atoms with Gasteiger partial charge in [0.05, 0.1) is 6.04 Å². The fraction of sp³-hybridized carbons (Fsp3) is 0.650. The van der Waals surface area contributed by atoms with Crippen molar-refractivity contribution in [2.45, 2.75) is 50.3 Å². The molecule has 0 aromatic heterocycles. The van der Waals surface area contributed by atoms with Gasteiger partial charge in [-0.1, -0.05) is 24.1 Å². The van der Waals surface area contributed by atoms with Crippen molar-refractivity contribution in [2.75, 3.05) is 32.7 Å². The average Bonchev–Trinajstić information content (AvgIpc) is 2.90. The number of rotatable bonds is 4. The summed E-state index contributed by atoms with van der Waals surface area (Å²) in [5.74, 6) is 1.00. The first kappa shape index (κ1) is 18.1. The molecule has 2 saturated heterocycles. The quantitative estimate of drug-likeness (QED) is 0.875. The lowest BCUT2D eigenvalue weighted by Gasteiger charge is -2.36. The zero-order valence-electron chi connectivity index (χ0n) is 15.2. The number of benzene rings is 1. The molecule has 1 amide bonds. The van der Waals surface area contributed by atoms with Gasteiger partial charge in [-0.2, -0.15) is 0 Å². The molecule has 4 rings (SSSR count). The van der Waals surface area contributed by atoms with Gasteiger partial charge in [-0.25, -0.2) is 0 Å². The summed E-state index contributed by atoms with van der Waals surface area (Å²) < 4.78 is 5.99. The van der Waals surface area contributed by atoms with E-state index in [0.29, 0.717) is 18.0 Å². The highest BCUT2D eigenvalue weighted by molar-refractivity contribution is 6.30. The molecule has 1 saturated carbocycles. The first-order chi connectivity index (χ1) is 12.7. The van der Waals surface area contributed by atoms with Crippen molar-refractivity contribution in [3.63, 3.8) is 0 Å². The van der Waals surface area contributed by atoms with Crippen LogP contribution in [0.3, 0.4) is 0 Å². The minimum atomic E-state index is -0.130. The molecule has 2 heterocycles. The van der Waals surface area contributed by atoms with E-state index in [1.54, 1.807) is 0 Å². The first-order valence-corrected chi connectivity index (χ1v) is 10.3. The summed E-state index contributed by atoms with van der Waals surface area (Å²) >= 11 is 6.01. The van der Waals surface area contributed by atoms with E-state index in [1.807, 2.05) is 24.3 Å². The molecule has 3 fully saturated rings. The van der Waals surface area contributed by atoms with E-state index in [0.717, 1.165) is 44.4 Å². The lowest BCUT2D eigenvalue weighted by atomic mass is 9.91. The van der Waals surface area contributed by atoms with Crippen LogP contribution in [0, 0.1) is 0 Å². The van der Waals surface area contributed by atoms with Crippen LogP contribution in [0.5, 0.6) is 5.75 Å². The second-order valence-corrected chi connectivity index (χ2v) is 8.13. The molecule has 0 unspecified atom stereocenters. The Bertz CT molecular complexity index is 637. The predicted molar refractivity (Wildman–Crippen MR) is 103 cm³/mol.